The summed E-state index contributed by atoms with van der Waals surface area (Å²) < 4.78 is 19.1. The summed E-state index contributed by atoms with van der Waals surface area (Å²) >= 11 is 3.05. The summed E-state index contributed by atoms with van der Waals surface area (Å²) in [7, 11) is 0. The Morgan fingerprint density at radius 2 is 1.84 bits per heavy atom. The van der Waals surface area contributed by atoms with E-state index in [0.717, 1.165) is 11.6 Å². The van der Waals surface area contributed by atoms with Gasteiger partial charge in [0, 0.05) is 5.56 Å². The maximum absolute atomic E-state index is 13.7. The Morgan fingerprint density at radius 3 is 2.44 bits per heavy atom. The molecule has 2 rings (SSSR count). The van der Waals surface area contributed by atoms with Crippen LogP contribution in [0.4, 0.5) is 4.39 Å². The average molecular weight is 408 g/mol. The standard InChI is InChI=1S/C19H19BrFNO3/c1-12(2)25-18(23)11-17(13-6-4-3-5-7-13)22-19(24)14-8-9-15(20)16(21)10-14/h3-10,12,17H,11H2,1-2H3,(H,22,24). The summed E-state index contributed by atoms with van der Waals surface area (Å²) in [6.07, 6.45) is -0.243. The molecule has 0 saturated carbocycles. The third kappa shape index (κ3) is 5.67. The van der Waals surface area contributed by atoms with E-state index < -0.39 is 23.7 Å². The summed E-state index contributed by atoms with van der Waals surface area (Å²) in [6, 6.07) is 12.7. The summed E-state index contributed by atoms with van der Waals surface area (Å²) in [5.41, 5.74) is 0.952. The number of esters is 1. The van der Waals surface area contributed by atoms with Gasteiger partial charge in [0.25, 0.3) is 5.91 Å². The van der Waals surface area contributed by atoms with Gasteiger partial charge in [0.15, 0.2) is 0 Å². The Morgan fingerprint density at radius 1 is 1.16 bits per heavy atom. The predicted octanol–water partition coefficient (Wildman–Crippen LogP) is 4.40. The van der Waals surface area contributed by atoms with Crippen LogP contribution in [0.5, 0.6) is 0 Å². The lowest BCUT2D eigenvalue weighted by molar-refractivity contribution is -0.147. The molecule has 0 heterocycles. The van der Waals surface area contributed by atoms with E-state index in [1.807, 2.05) is 30.3 Å². The van der Waals surface area contributed by atoms with E-state index in [4.69, 9.17) is 4.74 Å². The molecule has 0 fully saturated rings. The van der Waals surface area contributed by atoms with Crippen molar-refractivity contribution >= 4 is 27.8 Å². The quantitative estimate of drug-likeness (QED) is 0.721. The zero-order valence-electron chi connectivity index (χ0n) is 14.0. The second-order valence-electron chi connectivity index (χ2n) is 5.81. The van der Waals surface area contributed by atoms with E-state index >= 15 is 0 Å². The lowest BCUT2D eigenvalue weighted by Gasteiger charge is -2.19. The molecule has 1 unspecified atom stereocenters. The molecule has 1 amide bonds. The van der Waals surface area contributed by atoms with Gasteiger partial charge in [0.2, 0.25) is 0 Å². The molecule has 4 nitrogen and oxygen atoms in total. The van der Waals surface area contributed by atoms with Gasteiger partial charge >= 0.3 is 5.97 Å². The highest BCUT2D eigenvalue weighted by Gasteiger charge is 2.21. The van der Waals surface area contributed by atoms with Crippen LogP contribution < -0.4 is 5.32 Å². The second-order valence-corrected chi connectivity index (χ2v) is 6.66. The van der Waals surface area contributed by atoms with Gasteiger partial charge in [-0.3, -0.25) is 9.59 Å². The molecule has 0 radical (unpaired) electrons. The molecule has 6 heteroatoms. The van der Waals surface area contributed by atoms with Gasteiger partial charge < -0.3 is 10.1 Å². The van der Waals surface area contributed by atoms with Crippen LogP contribution in [-0.2, 0) is 9.53 Å². The second kappa shape index (κ2) is 8.76. The molecular weight excluding hydrogens is 389 g/mol. The van der Waals surface area contributed by atoms with E-state index in [-0.39, 0.29) is 22.6 Å². The molecule has 2 aromatic carbocycles. The van der Waals surface area contributed by atoms with Crippen LogP contribution in [0.15, 0.2) is 53.0 Å². The monoisotopic (exact) mass is 407 g/mol. The van der Waals surface area contributed by atoms with Crippen LogP contribution in [0.3, 0.4) is 0 Å². The highest BCUT2D eigenvalue weighted by atomic mass is 79.9. The Bertz CT molecular complexity index is 750. The zero-order valence-corrected chi connectivity index (χ0v) is 15.5. The minimum atomic E-state index is -0.563. The number of hydrogen-bond donors (Lipinski definition) is 1. The zero-order chi connectivity index (χ0) is 18.4. The largest absolute Gasteiger partial charge is 0.463 e. The van der Waals surface area contributed by atoms with Crippen LogP contribution in [0.1, 0.15) is 42.2 Å². The fraction of sp³-hybridized carbons (Fsp3) is 0.263. The minimum Gasteiger partial charge on any atom is -0.463 e. The van der Waals surface area contributed by atoms with Crippen molar-refractivity contribution in [1.82, 2.24) is 5.32 Å². The van der Waals surface area contributed by atoms with Crippen molar-refractivity contribution < 1.29 is 18.7 Å². The SMILES string of the molecule is CC(C)OC(=O)CC(NC(=O)c1ccc(Br)c(F)c1)c1ccccc1. The molecule has 132 valence electrons. The lowest BCUT2D eigenvalue weighted by atomic mass is 10.0. The minimum absolute atomic E-state index is 0.00700. The molecule has 0 aliphatic rings. The molecule has 1 atom stereocenters. The van der Waals surface area contributed by atoms with E-state index in [0.29, 0.717) is 0 Å². The molecule has 0 spiro atoms. The molecular formula is C19H19BrFNO3. The Kier molecular flexibility index (Phi) is 6.70. The van der Waals surface area contributed by atoms with Crippen molar-refractivity contribution in [2.45, 2.75) is 32.4 Å². The predicted molar refractivity (Wildman–Crippen MR) is 96.6 cm³/mol. The van der Waals surface area contributed by atoms with E-state index in [2.05, 4.69) is 21.2 Å². The number of benzene rings is 2. The third-order valence-electron chi connectivity index (χ3n) is 3.43. The first-order valence-electron chi connectivity index (χ1n) is 7.87. The van der Waals surface area contributed by atoms with Gasteiger partial charge in [-0.2, -0.15) is 0 Å². The van der Waals surface area contributed by atoms with Crippen molar-refractivity contribution in [2.75, 3.05) is 0 Å². The smallest absolute Gasteiger partial charge is 0.308 e. The fourth-order valence-electron chi connectivity index (χ4n) is 2.29. The maximum atomic E-state index is 13.7. The summed E-state index contributed by atoms with van der Waals surface area (Å²) in [4.78, 5) is 24.5. The molecule has 0 aliphatic heterocycles. The van der Waals surface area contributed by atoms with Gasteiger partial charge in [0.1, 0.15) is 5.82 Å². The van der Waals surface area contributed by atoms with Crippen LogP contribution in [0.25, 0.3) is 0 Å². The normalized spacial score (nSPS) is 11.9. The van der Waals surface area contributed by atoms with Gasteiger partial charge in [-0.15, -0.1) is 0 Å². The molecule has 2 aromatic rings. The van der Waals surface area contributed by atoms with Crippen molar-refractivity contribution in [3.05, 3.63) is 69.9 Å². The van der Waals surface area contributed by atoms with Crippen molar-refractivity contribution in [1.29, 1.82) is 0 Å². The summed E-state index contributed by atoms with van der Waals surface area (Å²) in [5.74, 6) is -1.40. The average Bonchev–Trinajstić information content (AvgIpc) is 2.56. The number of hydrogen-bond acceptors (Lipinski definition) is 3. The molecule has 1 N–H and O–H groups in total. The number of amides is 1. The number of carbonyl (C=O) groups is 2. The third-order valence-corrected chi connectivity index (χ3v) is 4.07. The summed E-state index contributed by atoms with van der Waals surface area (Å²) in [6.45, 7) is 3.53. The number of ether oxygens (including phenoxy) is 1. The van der Waals surface area contributed by atoms with E-state index in [1.54, 1.807) is 13.8 Å². The molecule has 0 aromatic heterocycles. The first-order chi connectivity index (χ1) is 11.9. The molecule has 0 bridgehead atoms. The highest BCUT2D eigenvalue weighted by molar-refractivity contribution is 9.10. The Hall–Kier alpha value is -2.21. The van der Waals surface area contributed by atoms with Crippen LogP contribution in [0.2, 0.25) is 0 Å². The highest BCUT2D eigenvalue weighted by Crippen LogP contribution is 2.20. The first kappa shape index (κ1) is 19.1. The molecule has 25 heavy (non-hydrogen) atoms. The van der Waals surface area contributed by atoms with Gasteiger partial charge in [-0.25, -0.2) is 4.39 Å². The fourth-order valence-corrected chi connectivity index (χ4v) is 2.54. The Balaban J connectivity index is 2.18. The molecule has 0 aliphatic carbocycles. The van der Waals surface area contributed by atoms with Crippen molar-refractivity contribution in [3.8, 4) is 0 Å². The number of rotatable bonds is 6. The van der Waals surface area contributed by atoms with Gasteiger partial charge in [-0.1, -0.05) is 30.3 Å². The van der Waals surface area contributed by atoms with Crippen LogP contribution in [-0.4, -0.2) is 18.0 Å². The Labute approximate surface area is 154 Å². The number of halogens is 2. The van der Waals surface area contributed by atoms with Crippen molar-refractivity contribution in [2.24, 2.45) is 0 Å². The number of carbonyl (C=O) groups excluding carboxylic acids is 2. The maximum Gasteiger partial charge on any atom is 0.308 e. The van der Waals surface area contributed by atoms with E-state index in [9.17, 15) is 14.0 Å². The topological polar surface area (TPSA) is 55.4 Å². The van der Waals surface area contributed by atoms with Crippen LogP contribution in [0, 0.1) is 5.82 Å². The number of nitrogens with one attached hydrogen (secondary N) is 1. The van der Waals surface area contributed by atoms with Gasteiger partial charge in [-0.05, 0) is 53.5 Å². The molecule has 0 saturated heterocycles. The first-order valence-corrected chi connectivity index (χ1v) is 8.66. The lowest BCUT2D eigenvalue weighted by Crippen LogP contribution is -2.31. The van der Waals surface area contributed by atoms with Gasteiger partial charge in [0.05, 0.1) is 23.0 Å². The van der Waals surface area contributed by atoms with Crippen molar-refractivity contribution in [3.63, 3.8) is 0 Å². The summed E-state index contributed by atoms with van der Waals surface area (Å²) in [5, 5.41) is 2.78. The van der Waals surface area contributed by atoms with E-state index in [1.165, 1.54) is 12.1 Å². The van der Waals surface area contributed by atoms with Crippen LogP contribution >= 0.6 is 15.9 Å².